The molecule has 0 aliphatic heterocycles. The van der Waals surface area contributed by atoms with Crippen molar-refractivity contribution in [1.29, 1.82) is 0 Å². The highest BCUT2D eigenvalue weighted by Gasteiger charge is 2.22. The fourth-order valence-corrected chi connectivity index (χ4v) is 1.82. The Morgan fingerprint density at radius 2 is 2.06 bits per heavy atom. The van der Waals surface area contributed by atoms with Gasteiger partial charge in [-0.3, -0.25) is 0 Å². The minimum atomic E-state index is -1.10. The third-order valence-electron chi connectivity index (χ3n) is 2.70. The highest BCUT2D eigenvalue weighted by molar-refractivity contribution is 5.86. The number of rotatable bonds is 7. The molecule has 0 spiro atoms. The zero-order valence-corrected chi connectivity index (χ0v) is 9.80. The van der Waals surface area contributed by atoms with E-state index in [4.69, 9.17) is 10.2 Å². The number of carboxylic acid groups (broad SMARTS) is 2. The van der Waals surface area contributed by atoms with Crippen molar-refractivity contribution in [2.24, 2.45) is 0 Å². The van der Waals surface area contributed by atoms with Gasteiger partial charge in [0, 0.05) is 6.20 Å². The Bertz CT molecular complexity index is 397. The topological polar surface area (TPSA) is 79.5 Å². The predicted octanol–water partition coefficient (Wildman–Crippen LogP) is 2.39. The zero-order chi connectivity index (χ0) is 12.8. The number of hydrogen-bond acceptors (Lipinski definition) is 2. The standard InChI is InChI=1S/C12H17NO4/c1-2-3-4-6-9(11(14)15)13-8-5-7-10(13)12(16)17/h5,7-9H,2-4,6H2,1H3,(H,14,15)(H,16,17). The van der Waals surface area contributed by atoms with Crippen molar-refractivity contribution in [2.75, 3.05) is 0 Å². The van der Waals surface area contributed by atoms with Crippen LogP contribution in [0.3, 0.4) is 0 Å². The predicted molar refractivity (Wildman–Crippen MR) is 62.2 cm³/mol. The van der Waals surface area contributed by atoms with E-state index in [1.54, 1.807) is 6.07 Å². The lowest BCUT2D eigenvalue weighted by Crippen LogP contribution is -2.22. The first-order chi connectivity index (χ1) is 8.07. The van der Waals surface area contributed by atoms with Crippen molar-refractivity contribution in [3.63, 3.8) is 0 Å². The second-order valence-corrected chi connectivity index (χ2v) is 3.96. The van der Waals surface area contributed by atoms with Gasteiger partial charge in [0.05, 0.1) is 0 Å². The lowest BCUT2D eigenvalue weighted by Gasteiger charge is -2.16. The summed E-state index contributed by atoms with van der Waals surface area (Å²) in [5.74, 6) is -2.09. The summed E-state index contributed by atoms with van der Waals surface area (Å²) in [6.45, 7) is 2.04. The van der Waals surface area contributed by atoms with Crippen molar-refractivity contribution in [3.05, 3.63) is 24.0 Å². The van der Waals surface area contributed by atoms with Gasteiger partial charge in [0.25, 0.3) is 0 Å². The van der Waals surface area contributed by atoms with E-state index in [9.17, 15) is 9.59 Å². The van der Waals surface area contributed by atoms with Gasteiger partial charge in [-0.2, -0.15) is 0 Å². The van der Waals surface area contributed by atoms with Crippen molar-refractivity contribution < 1.29 is 19.8 Å². The first kappa shape index (κ1) is 13.3. The first-order valence-electron chi connectivity index (χ1n) is 5.70. The van der Waals surface area contributed by atoms with Crippen LogP contribution in [0.1, 0.15) is 49.1 Å². The van der Waals surface area contributed by atoms with Gasteiger partial charge in [0.15, 0.2) is 0 Å². The van der Waals surface area contributed by atoms with Crippen LogP contribution in [-0.4, -0.2) is 26.7 Å². The van der Waals surface area contributed by atoms with E-state index in [1.807, 2.05) is 6.92 Å². The Balaban J connectivity index is 2.86. The van der Waals surface area contributed by atoms with E-state index in [0.29, 0.717) is 6.42 Å². The minimum absolute atomic E-state index is 0.0221. The Labute approximate surface area is 99.7 Å². The minimum Gasteiger partial charge on any atom is -0.480 e. The quantitative estimate of drug-likeness (QED) is 0.716. The van der Waals surface area contributed by atoms with Crippen LogP contribution in [-0.2, 0) is 4.79 Å². The molecule has 0 saturated carbocycles. The molecule has 0 saturated heterocycles. The van der Waals surface area contributed by atoms with Crippen LogP contribution in [0, 0.1) is 0 Å². The maximum absolute atomic E-state index is 11.2. The third-order valence-corrected chi connectivity index (χ3v) is 2.70. The van der Waals surface area contributed by atoms with Crippen LogP contribution in [0.15, 0.2) is 18.3 Å². The Hall–Kier alpha value is -1.78. The van der Waals surface area contributed by atoms with Crippen molar-refractivity contribution in [3.8, 4) is 0 Å². The van der Waals surface area contributed by atoms with Crippen LogP contribution < -0.4 is 0 Å². The lowest BCUT2D eigenvalue weighted by atomic mass is 10.1. The third kappa shape index (κ3) is 3.34. The summed E-state index contributed by atoms with van der Waals surface area (Å²) in [5, 5.41) is 18.1. The normalized spacial score (nSPS) is 12.3. The summed E-state index contributed by atoms with van der Waals surface area (Å²) in [4.78, 5) is 22.1. The maximum Gasteiger partial charge on any atom is 0.352 e. The van der Waals surface area contributed by atoms with Gasteiger partial charge in [0.1, 0.15) is 11.7 Å². The molecule has 2 N–H and O–H groups in total. The number of aromatic carboxylic acids is 1. The molecule has 1 aromatic rings. The fourth-order valence-electron chi connectivity index (χ4n) is 1.82. The highest BCUT2D eigenvalue weighted by Crippen LogP contribution is 2.19. The van der Waals surface area contributed by atoms with E-state index in [0.717, 1.165) is 19.3 Å². The highest BCUT2D eigenvalue weighted by atomic mass is 16.4. The van der Waals surface area contributed by atoms with Gasteiger partial charge in [-0.1, -0.05) is 26.2 Å². The van der Waals surface area contributed by atoms with Crippen molar-refractivity contribution >= 4 is 11.9 Å². The van der Waals surface area contributed by atoms with Gasteiger partial charge in [-0.15, -0.1) is 0 Å². The van der Waals surface area contributed by atoms with Gasteiger partial charge in [0.2, 0.25) is 0 Å². The smallest absolute Gasteiger partial charge is 0.352 e. The Kier molecular flexibility index (Phi) is 4.75. The molecule has 1 unspecified atom stereocenters. The summed E-state index contributed by atoms with van der Waals surface area (Å²) < 4.78 is 1.32. The van der Waals surface area contributed by atoms with Gasteiger partial charge in [-0.05, 0) is 18.6 Å². The van der Waals surface area contributed by atoms with E-state index in [1.165, 1.54) is 16.8 Å². The fraction of sp³-hybridized carbons (Fsp3) is 0.500. The summed E-state index contributed by atoms with van der Waals surface area (Å²) >= 11 is 0. The van der Waals surface area contributed by atoms with E-state index >= 15 is 0 Å². The molecule has 0 aliphatic carbocycles. The Morgan fingerprint density at radius 1 is 1.35 bits per heavy atom. The first-order valence-corrected chi connectivity index (χ1v) is 5.70. The number of carboxylic acids is 2. The van der Waals surface area contributed by atoms with Crippen LogP contribution in [0.25, 0.3) is 0 Å². The second-order valence-electron chi connectivity index (χ2n) is 3.96. The number of carbonyl (C=O) groups is 2. The molecule has 1 aromatic heterocycles. The molecule has 1 heterocycles. The molecule has 94 valence electrons. The monoisotopic (exact) mass is 239 g/mol. The van der Waals surface area contributed by atoms with E-state index < -0.39 is 18.0 Å². The van der Waals surface area contributed by atoms with Crippen LogP contribution in [0.2, 0.25) is 0 Å². The lowest BCUT2D eigenvalue weighted by molar-refractivity contribution is -0.141. The molecule has 5 nitrogen and oxygen atoms in total. The average molecular weight is 239 g/mol. The summed E-state index contributed by atoms with van der Waals surface area (Å²) in [5.41, 5.74) is 0.0221. The number of aliphatic carboxylic acids is 1. The van der Waals surface area contributed by atoms with Crippen molar-refractivity contribution in [2.45, 2.75) is 38.6 Å². The molecule has 0 aliphatic rings. The van der Waals surface area contributed by atoms with E-state index in [-0.39, 0.29) is 5.69 Å². The Morgan fingerprint density at radius 3 is 2.59 bits per heavy atom. The molecular weight excluding hydrogens is 222 g/mol. The average Bonchev–Trinajstić information content (AvgIpc) is 2.72. The summed E-state index contributed by atoms with van der Waals surface area (Å²) in [6.07, 6.45) is 4.70. The molecule has 0 fully saturated rings. The maximum atomic E-state index is 11.2. The van der Waals surface area contributed by atoms with Gasteiger partial charge < -0.3 is 14.8 Å². The molecule has 0 radical (unpaired) electrons. The number of nitrogens with zero attached hydrogens (tertiary/aromatic N) is 1. The summed E-state index contributed by atoms with van der Waals surface area (Å²) in [6, 6.07) is 2.18. The molecule has 1 rings (SSSR count). The van der Waals surface area contributed by atoms with Gasteiger partial charge >= 0.3 is 11.9 Å². The largest absolute Gasteiger partial charge is 0.480 e. The molecule has 5 heteroatoms. The van der Waals surface area contributed by atoms with E-state index in [2.05, 4.69) is 0 Å². The molecule has 0 bridgehead atoms. The van der Waals surface area contributed by atoms with Crippen LogP contribution in [0.5, 0.6) is 0 Å². The van der Waals surface area contributed by atoms with Crippen LogP contribution in [0.4, 0.5) is 0 Å². The summed E-state index contributed by atoms with van der Waals surface area (Å²) in [7, 11) is 0. The SMILES string of the molecule is CCCCCC(C(=O)O)n1cccc1C(=O)O. The molecule has 1 atom stereocenters. The number of unbranched alkanes of at least 4 members (excludes halogenated alkanes) is 2. The number of hydrogen-bond donors (Lipinski definition) is 2. The number of aromatic nitrogens is 1. The van der Waals surface area contributed by atoms with Gasteiger partial charge in [-0.25, -0.2) is 9.59 Å². The van der Waals surface area contributed by atoms with Crippen LogP contribution >= 0.6 is 0 Å². The molecule has 0 aromatic carbocycles. The van der Waals surface area contributed by atoms with Crippen molar-refractivity contribution in [1.82, 2.24) is 4.57 Å². The molecular formula is C12H17NO4. The second kappa shape index (κ2) is 6.08. The molecule has 17 heavy (non-hydrogen) atoms. The molecule has 0 amide bonds. The zero-order valence-electron chi connectivity index (χ0n) is 9.80.